The Hall–Kier alpha value is -4.11. The normalized spacial score (nSPS) is 11.6. The summed E-state index contributed by atoms with van der Waals surface area (Å²) in [6.07, 6.45) is -2.04. The second kappa shape index (κ2) is 12.0. The Labute approximate surface area is 206 Å². The fourth-order valence-electron chi connectivity index (χ4n) is 3.16. The summed E-state index contributed by atoms with van der Waals surface area (Å²) in [6, 6.07) is 17.7. The molecule has 0 unspecified atom stereocenters. The largest absolute Gasteiger partial charge is 0.457 e. The molecule has 0 spiro atoms. The van der Waals surface area contributed by atoms with Crippen LogP contribution in [0.1, 0.15) is 34.0 Å². The molecule has 0 radical (unpaired) electrons. The predicted octanol–water partition coefficient (Wildman–Crippen LogP) is 4.94. The molecule has 0 saturated heterocycles. The number of hydrogen-bond acceptors (Lipinski definition) is 4. The first-order valence-corrected chi connectivity index (χ1v) is 11.2. The van der Waals surface area contributed by atoms with Crippen LogP contribution in [-0.4, -0.2) is 30.1 Å². The molecular formula is C27H25F3N2O4. The standard InChI is InChI=1S/C27H25F3N2O4/c1-2-18-3-5-19(6-4-18)17-24(26(35)31-15-16-33)32-25(34)20-7-11-22(12-8-20)36-23-13-9-21(10-14-23)27(28,29)30/h3-14,17,33H,2,15-16H2,1H3,(H,31,35)(H,32,34)/b24-17-. The summed E-state index contributed by atoms with van der Waals surface area (Å²) in [7, 11) is 0. The van der Waals surface area contributed by atoms with Crippen molar-refractivity contribution in [3.63, 3.8) is 0 Å². The van der Waals surface area contributed by atoms with Crippen molar-refractivity contribution in [2.24, 2.45) is 0 Å². The molecule has 6 nitrogen and oxygen atoms in total. The topological polar surface area (TPSA) is 87.7 Å². The number of hydrogen-bond donors (Lipinski definition) is 3. The highest BCUT2D eigenvalue weighted by Gasteiger charge is 2.30. The van der Waals surface area contributed by atoms with E-state index in [1.165, 1.54) is 42.5 Å². The summed E-state index contributed by atoms with van der Waals surface area (Å²) in [5, 5.41) is 14.1. The minimum atomic E-state index is -4.44. The minimum absolute atomic E-state index is 0.00257. The SMILES string of the molecule is CCc1ccc(/C=C(\NC(=O)c2ccc(Oc3ccc(C(F)(F)F)cc3)cc2)C(=O)NCCO)cc1. The van der Waals surface area contributed by atoms with Gasteiger partial charge in [-0.1, -0.05) is 31.2 Å². The number of benzene rings is 3. The average molecular weight is 499 g/mol. The summed E-state index contributed by atoms with van der Waals surface area (Å²) >= 11 is 0. The molecule has 3 aromatic carbocycles. The average Bonchev–Trinajstić information content (AvgIpc) is 2.87. The van der Waals surface area contributed by atoms with Crippen LogP contribution in [0.4, 0.5) is 13.2 Å². The molecule has 2 amide bonds. The number of alkyl halides is 3. The number of nitrogens with one attached hydrogen (secondary N) is 2. The van der Waals surface area contributed by atoms with Gasteiger partial charge in [0.05, 0.1) is 12.2 Å². The highest BCUT2D eigenvalue weighted by Crippen LogP contribution is 2.31. The molecule has 0 aliphatic rings. The van der Waals surface area contributed by atoms with Crippen LogP contribution < -0.4 is 15.4 Å². The van der Waals surface area contributed by atoms with Gasteiger partial charge in [0.25, 0.3) is 11.8 Å². The van der Waals surface area contributed by atoms with E-state index >= 15 is 0 Å². The molecule has 0 saturated carbocycles. The Bertz CT molecular complexity index is 1200. The summed E-state index contributed by atoms with van der Waals surface area (Å²) in [4.78, 5) is 25.3. The summed E-state index contributed by atoms with van der Waals surface area (Å²) in [5.41, 5.74) is 1.29. The molecule has 0 aromatic heterocycles. The molecule has 0 aliphatic heterocycles. The van der Waals surface area contributed by atoms with E-state index in [4.69, 9.17) is 9.84 Å². The maximum Gasteiger partial charge on any atom is 0.416 e. The number of halogens is 3. The fraction of sp³-hybridized carbons (Fsp3) is 0.185. The first-order valence-electron chi connectivity index (χ1n) is 11.2. The molecule has 0 aliphatic carbocycles. The van der Waals surface area contributed by atoms with Crippen LogP contribution in [0.5, 0.6) is 11.5 Å². The number of carbonyl (C=O) groups is 2. The van der Waals surface area contributed by atoms with E-state index in [-0.39, 0.29) is 30.2 Å². The van der Waals surface area contributed by atoms with Crippen molar-refractivity contribution in [3.05, 3.63) is 101 Å². The van der Waals surface area contributed by atoms with Crippen molar-refractivity contribution in [3.8, 4) is 11.5 Å². The maximum absolute atomic E-state index is 12.8. The lowest BCUT2D eigenvalue weighted by Gasteiger charge is -2.12. The Kier molecular flexibility index (Phi) is 8.86. The molecule has 3 N–H and O–H groups in total. The van der Waals surface area contributed by atoms with E-state index in [1.54, 1.807) is 0 Å². The van der Waals surface area contributed by atoms with E-state index in [0.29, 0.717) is 11.3 Å². The molecular weight excluding hydrogens is 473 g/mol. The van der Waals surface area contributed by atoms with Gasteiger partial charge in [0.1, 0.15) is 17.2 Å². The fourth-order valence-corrected chi connectivity index (χ4v) is 3.16. The molecule has 3 rings (SSSR count). The van der Waals surface area contributed by atoms with Crippen LogP contribution in [0, 0.1) is 0 Å². The van der Waals surface area contributed by atoms with Crippen molar-refractivity contribution < 1.29 is 32.6 Å². The van der Waals surface area contributed by atoms with Crippen LogP contribution in [-0.2, 0) is 17.4 Å². The summed E-state index contributed by atoms with van der Waals surface area (Å²) < 4.78 is 43.7. The molecule has 0 bridgehead atoms. The first-order chi connectivity index (χ1) is 17.2. The molecule has 9 heteroatoms. The first kappa shape index (κ1) is 26.5. The van der Waals surface area contributed by atoms with Crippen molar-refractivity contribution in [2.75, 3.05) is 13.2 Å². The van der Waals surface area contributed by atoms with Gasteiger partial charge in [-0.25, -0.2) is 0 Å². The highest BCUT2D eigenvalue weighted by molar-refractivity contribution is 6.05. The van der Waals surface area contributed by atoms with E-state index < -0.39 is 23.6 Å². The van der Waals surface area contributed by atoms with E-state index in [2.05, 4.69) is 10.6 Å². The third-order valence-electron chi connectivity index (χ3n) is 5.12. The van der Waals surface area contributed by atoms with Gasteiger partial charge in [0.15, 0.2) is 0 Å². The molecule has 36 heavy (non-hydrogen) atoms. The smallest absolute Gasteiger partial charge is 0.416 e. The van der Waals surface area contributed by atoms with Crippen molar-refractivity contribution in [1.29, 1.82) is 0 Å². The molecule has 0 heterocycles. The van der Waals surface area contributed by atoms with Gasteiger partial charge in [-0.3, -0.25) is 9.59 Å². The van der Waals surface area contributed by atoms with Gasteiger partial charge in [0, 0.05) is 12.1 Å². The van der Waals surface area contributed by atoms with Crippen LogP contribution in [0.3, 0.4) is 0 Å². The Balaban J connectivity index is 1.72. The second-order valence-corrected chi connectivity index (χ2v) is 7.74. The maximum atomic E-state index is 12.8. The van der Waals surface area contributed by atoms with Crippen molar-refractivity contribution >= 4 is 17.9 Å². The zero-order valence-corrected chi connectivity index (χ0v) is 19.4. The second-order valence-electron chi connectivity index (χ2n) is 7.74. The van der Waals surface area contributed by atoms with Crippen LogP contribution in [0.25, 0.3) is 6.08 Å². The van der Waals surface area contributed by atoms with Crippen LogP contribution >= 0.6 is 0 Å². The number of aryl methyl sites for hydroxylation is 1. The Morgan fingerprint density at radius 2 is 1.50 bits per heavy atom. The summed E-state index contributed by atoms with van der Waals surface area (Å²) in [6.45, 7) is 1.80. The lowest BCUT2D eigenvalue weighted by molar-refractivity contribution is -0.137. The summed E-state index contributed by atoms with van der Waals surface area (Å²) in [5.74, 6) is -0.579. The molecule has 0 atom stereocenters. The van der Waals surface area contributed by atoms with Gasteiger partial charge in [-0.2, -0.15) is 13.2 Å². The molecule has 188 valence electrons. The van der Waals surface area contributed by atoms with Gasteiger partial charge < -0.3 is 20.5 Å². The number of ether oxygens (including phenoxy) is 1. The van der Waals surface area contributed by atoms with Crippen molar-refractivity contribution in [1.82, 2.24) is 10.6 Å². The number of rotatable bonds is 9. The lowest BCUT2D eigenvalue weighted by Crippen LogP contribution is -2.36. The monoisotopic (exact) mass is 498 g/mol. The Morgan fingerprint density at radius 3 is 2.03 bits per heavy atom. The van der Waals surface area contributed by atoms with Gasteiger partial charge in [-0.15, -0.1) is 0 Å². The number of aliphatic hydroxyl groups is 1. The van der Waals surface area contributed by atoms with Crippen molar-refractivity contribution in [2.45, 2.75) is 19.5 Å². The van der Waals surface area contributed by atoms with E-state index in [0.717, 1.165) is 24.1 Å². The quantitative estimate of drug-likeness (QED) is 0.365. The predicted molar refractivity (Wildman–Crippen MR) is 129 cm³/mol. The van der Waals surface area contributed by atoms with Gasteiger partial charge in [-0.05, 0) is 72.2 Å². The third kappa shape index (κ3) is 7.44. The third-order valence-corrected chi connectivity index (χ3v) is 5.12. The number of amides is 2. The van der Waals surface area contributed by atoms with Crippen LogP contribution in [0.15, 0.2) is 78.5 Å². The zero-order chi connectivity index (χ0) is 26.1. The zero-order valence-electron chi connectivity index (χ0n) is 19.4. The molecule has 0 fully saturated rings. The van der Waals surface area contributed by atoms with E-state index in [9.17, 15) is 22.8 Å². The highest BCUT2D eigenvalue weighted by atomic mass is 19.4. The van der Waals surface area contributed by atoms with E-state index in [1.807, 2.05) is 31.2 Å². The molecule has 3 aromatic rings. The Morgan fingerprint density at radius 1 is 0.917 bits per heavy atom. The lowest BCUT2D eigenvalue weighted by atomic mass is 10.1. The van der Waals surface area contributed by atoms with Crippen LogP contribution in [0.2, 0.25) is 0 Å². The van der Waals surface area contributed by atoms with Gasteiger partial charge >= 0.3 is 6.18 Å². The van der Waals surface area contributed by atoms with Gasteiger partial charge in [0.2, 0.25) is 0 Å². The number of aliphatic hydroxyl groups excluding tert-OH is 1. The minimum Gasteiger partial charge on any atom is -0.457 e. The number of carbonyl (C=O) groups excluding carboxylic acids is 2.